The van der Waals surface area contributed by atoms with Gasteiger partial charge in [-0.15, -0.1) is 17.0 Å². The molecule has 1 heterocycles. The van der Waals surface area contributed by atoms with Crippen molar-refractivity contribution < 1.29 is 9.53 Å². The average molecular weight is 335 g/mol. The molecule has 1 unspecified atom stereocenters. The van der Waals surface area contributed by atoms with Crippen LogP contribution >= 0.6 is 17.0 Å². The summed E-state index contributed by atoms with van der Waals surface area (Å²) < 4.78 is 5.40. The molecule has 0 aromatic heterocycles. The monoisotopic (exact) mass is 334 g/mol. The number of esters is 1. The summed E-state index contributed by atoms with van der Waals surface area (Å²) in [5, 5.41) is 0. The summed E-state index contributed by atoms with van der Waals surface area (Å²) >= 11 is 0. The minimum atomic E-state index is -0.172. The van der Waals surface area contributed by atoms with Crippen LogP contribution < -0.4 is 0 Å². The Morgan fingerprint density at radius 1 is 1.26 bits per heavy atom. The Morgan fingerprint density at radius 2 is 1.95 bits per heavy atom. The van der Waals surface area contributed by atoms with Crippen LogP contribution in [0, 0.1) is 0 Å². The van der Waals surface area contributed by atoms with E-state index in [4.69, 9.17) is 4.74 Å². The zero-order valence-corrected chi connectivity index (χ0v) is 14.0. The van der Waals surface area contributed by atoms with Gasteiger partial charge in [0, 0.05) is 25.9 Å². The molecule has 0 saturated heterocycles. The average Bonchev–Trinajstić information content (AvgIpc) is 2.75. The van der Waals surface area contributed by atoms with E-state index in [2.05, 4.69) is 11.8 Å². The Hall–Kier alpha value is -0.710. The first-order valence-corrected chi connectivity index (χ1v) is 6.97. The summed E-state index contributed by atoms with van der Waals surface area (Å²) in [6.45, 7) is 4.89. The minimum absolute atomic E-state index is 0. The zero-order valence-electron chi connectivity index (χ0n) is 12.3. The summed E-state index contributed by atoms with van der Waals surface area (Å²) in [7, 11) is 2.00. The van der Waals surface area contributed by atoms with E-state index < -0.39 is 0 Å². The molecular weight excluding hydrogens is 308 g/mol. The van der Waals surface area contributed by atoms with Gasteiger partial charge in [0.25, 0.3) is 0 Å². The topological polar surface area (TPSA) is 32.8 Å². The highest BCUT2D eigenvalue weighted by Gasteiger charge is 2.18. The molecule has 1 rings (SSSR count). The zero-order chi connectivity index (χ0) is 13.4. The molecule has 112 valence electrons. The van der Waals surface area contributed by atoms with Gasteiger partial charge in [0.1, 0.15) is 0 Å². The third-order valence-corrected chi connectivity index (χ3v) is 3.15. The fourth-order valence-electron chi connectivity index (χ4n) is 1.98. The van der Waals surface area contributed by atoms with Crippen LogP contribution in [0.25, 0.3) is 0 Å². The first-order valence-electron chi connectivity index (χ1n) is 6.97. The van der Waals surface area contributed by atoms with Crippen molar-refractivity contribution >= 4 is 23.0 Å². The van der Waals surface area contributed by atoms with Gasteiger partial charge in [-0.1, -0.05) is 32.6 Å². The molecule has 0 saturated carbocycles. The molecule has 0 bridgehead atoms. The Balaban J connectivity index is 0.00000324. The molecule has 0 fully saturated rings. The fraction of sp³-hybridized carbons (Fsp3) is 0.786. The number of nitrogens with zero attached hydrogens (tertiary/aromatic N) is 2. The molecule has 0 aliphatic carbocycles. The predicted molar refractivity (Wildman–Crippen MR) is 82.9 cm³/mol. The second-order valence-electron chi connectivity index (χ2n) is 4.96. The maximum absolute atomic E-state index is 11.6. The highest BCUT2D eigenvalue weighted by molar-refractivity contribution is 8.93. The maximum Gasteiger partial charge on any atom is 0.307 e. The lowest BCUT2D eigenvalue weighted by molar-refractivity contribution is -0.155. The number of rotatable bonds is 8. The van der Waals surface area contributed by atoms with E-state index in [1.165, 1.54) is 19.3 Å². The van der Waals surface area contributed by atoms with Crippen LogP contribution in [0.4, 0.5) is 0 Å². The number of unbranched alkanes of at least 4 members (excludes halogenated alkanes) is 4. The second kappa shape index (κ2) is 10.1. The van der Waals surface area contributed by atoms with Crippen molar-refractivity contribution in [2.75, 3.05) is 13.7 Å². The largest absolute Gasteiger partial charge is 0.442 e. The molecule has 0 radical (unpaired) electrons. The van der Waals surface area contributed by atoms with Crippen LogP contribution in [0.2, 0.25) is 0 Å². The third kappa shape index (κ3) is 7.45. The van der Waals surface area contributed by atoms with Crippen molar-refractivity contribution in [3.63, 3.8) is 0 Å². The van der Waals surface area contributed by atoms with E-state index in [0.29, 0.717) is 6.42 Å². The first kappa shape index (κ1) is 18.3. The van der Waals surface area contributed by atoms with Gasteiger partial charge in [-0.2, -0.15) is 0 Å². The maximum atomic E-state index is 11.6. The Morgan fingerprint density at radius 3 is 2.53 bits per heavy atom. The number of halogens is 1. The minimum Gasteiger partial charge on any atom is -0.442 e. The van der Waals surface area contributed by atoms with Crippen LogP contribution in [-0.2, 0) is 9.53 Å². The summed E-state index contributed by atoms with van der Waals surface area (Å²) in [5.74, 6) is -0.0815. The van der Waals surface area contributed by atoms with Crippen molar-refractivity contribution in [3.8, 4) is 0 Å². The molecule has 1 aliphatic rings. The van der Waals surface area contributed by atoms with Gasteiger partial charge in [-0.05, 0) is 13.3 Å². The lowest BCUT2D eigenvalue weighted by Crippen LogP contribution is -2.34. The molecule has 0 amide bonds. The molecule has 0 aromatic rings. The molecule has 4 nitrogen and oxygen atoms in total. The number of hydrogen-bond acceptors (Lipinski definition) is 4. The SMILES string of the molecule is Br.CCCCCCCC(=O)OC(C)N1C=CN(C)C1. The van der Waals surface area contributed by atoms with Crippen molar-refractivity contribution in [3.05, 3.63) is 12.4 Å². The van der Waals surface area contributed by atoms with Crippen LogP contribution in [0.5, 0.6) is 0 Å². The standard InChI is InChI=1S/C14H26N2O2.BrH/c1-4-5-6-7-8-9-14(17)18-13(2)16-11-10-15(3)12-16;/h10-11,13H,4-9,12H2,1-3H3;1H. The molecule has 5 heteroatoms. The van der Waals surface area contributed by atoms with E-state index in [1.807, 2.05) is 31.3 Å². The van der Waals surface area contributed by atoms with Gasteiger partial charge in [-0.3, -0.25) is 4.79 Å². The smallest absolute Gasteiger partial charge is 0.307 e. The van der Waals surface area contributed by atoms with Gasteiger partial charge in [-0.25, -0.2) is 0 Å². The summed E-state index contributed by atoms with van der Waals surface area (Å²) in [5.41, 5.74) is 0. The Bertz CT molecular complexity index is 285. The van der Waals surface area contributed by atoms with Crippen molar-refractivity contribution in [1.82, 2.24) is 9.80 Å². The van der Waals surface area contributed by atoms with E-state index >= 15 is 0 Å². The normalized spacial score (nSPS) is 15.3. The summed E-state index contributed by atoms with van der Waals surface area (Å²) in [4.78, 5) is 15.7. The van der Waals surface area contributed by atoms with Gasteiger partial charge < -0.3 is 14.5 Å². The van der Waals surface area contributed by atoms with Gasteiger partial charge in [0.05, 0.1) is 6.67 Å². The fourth-order valence-corrected chi connectivity index (χ4v) is 1.98. The number of hydrogen-bond donors (Lipinski definition) is 0. The van der Waals surface area contributed by atoms with E-state index in [1.54, 1.807) is 0 Å². The second-order valence-corrected chi connectivity index (χ2v) is 4.96. The quantitative estimate of drug-likeness (QED) is 0.502. The number of carbonyl (C=O) groups is 1. The van der Waals surface area contributed by atoms with Crippen LogP contribution in [0.1, 0.15) is 52.4 Å². The van der Waals surface area contributed by atoms with Crippen molar-refractivity contribution in [2.45, 2.75) is 58.6 Å². The Labute approximate surface area is 127 Å². The molecule has 0 aromatic carbocycles. The van der Waals surface area contributed by atoms with Gasteiger partial charge >= 0.3 is 5.97 Å². The van der Waals surface area contributed by atoms with Crippen LogP contribution in [-0.4, -0.2) is 35.7 Å². The molecule has 0 N–H and O–H groups in total. The first-order chi connectivity index (χ1) is 8.63. The van der Waals surface area contributed by atoms with E-state index in [9.17, 15) is 4.79 Å². The van der Waals surface area contributed by atoms with Crippen molar-refractivity contribution in [1.29, 1.82) is 0 Å². The number of ether oxygens (including phenoxy) is 1. The molecular formula is C14H27BrN2O2. The molecule has 19 heavy (non-hydrogen) atoms. The summed E-state index contributed by atoms with van der Waals surface area (Å²) in [6.07, 6.45) is 10.1. The Kier molecular flexibility index (Phi) is 9.74. The van der Waals surface area contributed by atoms with Crippen molar-refractivity contribution in [2.24, 2.45) is 0 Å². The van der Waals surface area contributed by atoms with E-state index in [0.717, 1.165) is 19.5 Å². The highest BCUT2D eigenvalue weighted by atomic mass is 79.9. The van der Waals surface area contributed by atoms with Crippen LogP contribution in [0.15, 0.2) is 12.4 Å². The third-order valence-electron chi connectivity index (χ3n) is 3.15. The predicted octanol–water partition coefficient (Wildman–Crippen LogP) is 3.49. The van der Waals surface area contributed by atoms with Gasteiger partial charge in [0.15, 0.2) is 6.23 Å². The highest BCUT2D eigenvalue weighted by Crippen LogP contribution is 2.12. The molecule has 0 spiro atoms. The lowest BCUT2D eigenvalue weighted by atomic mass is 10.1. The summed E-state index contributed by atoms with van der Waals surface area (Å²) in [6, 6.07) is 0. The van der Waals surface area contributed by atoms with Crippen LogP contribution in [0.3, 0.4) is 0 Å². The number of carbonyl (C=O) groups excluding carboxylic acids is 1. The van der Waals surface area contributed by atoms with E-state index in [-0.39, 0.29) is 29.2 Å². The lowest BCUT2D eigenvalue weighted by Gasteiger charge is -2.25. The molecule has 1 aliphatic heterocycles. The molecule has 1 atom stereocenters. The van der Waals surface area contributed by atoms with Gasteiger partial charge in [0.2, 0.25) is 0 Å².